The molecular formula is C14H12F2INO2. The number of ether oxygens (including phenoxy) is 1. The minimum Gasteiger partial charge on any atom is -0.497 e. The van der Waals surface area contributed by atoms with Gasteiger partial charge in [-0.05, 0) is 64.6 Å². The zero-order valence-electron chi connectivity index (χ0n) is 10.6. The van der Waals surface area contributed by atoms with E-state index in [1.54, 1.807) is 43.5 Å². The number of halogens is 3. The highest BCUT2D eigenvalue weighted by molar-refractivity contribution is 14.1. The van der Waals surface area contributed by atoms with Gasteiger partial charge in [-0.3, -0.25) is 4.79 Å². The van der Waals surface area contributed by atoms with E-state index in [1.165, 1.54) is 0 Å². The lowest BCUT2D eigenvalue weighted by molar-refractivity contribution is 0.126. The van der Waals surface area contributed by atoms with Gasteiger partial charge in [0.25, 0.3) is 12.0 Å². The Balaban J connectivity index is 2.54. The van der Waals surface area contributed by atoms with E-state index >= 15 is 0 Å². The van der Waals surface area contributed by atoms with Crippen LogP contribution < -0.4 is 10.3 Å². The summed E-state index contributed by atoms with van der Waals surface area (Å²) in [7, 11) is 1.55. The topological polar surface area (TPSA) is 31.2 Å². The van der Waals surface area contributed by atoms with Gasteiger partial charge in [-0.25, -0.2) is 8.78 Å². The molecule has 0 aliphatic heterocycles. The predicted octanol–water partition coefficient (Wildman–Crippen LogP) is 3.39. The highest BCUT2D eigenvalue weighted by Gasteiger charge is 2.13. The Morgan fingerprint density at radius 3 is 2.40 bits per heavy atom. The molecule has 0 saturated heterocycles. The maximum atomic E-state index is 12.7. The molecule has 1 aromatic carbocycles. The first-order chi connectivity index (χ1) is 9.52. The van der Waals surface area contributed by atoms with Crippen LogP contribution in [-0.2, 0) is 6.54 Å². The van der Waals surface area contributed by atoms with Gasteiger partial charge < -0.3 is 9.30 Å². The van der Waals surface area contributed by atoms with Crippen molar-refractivity contribution >= 4 is 22.6 Å². The lowest BCUT2D eigenvalue weighted by atomic mass is 10.1. The van der Waals surface area contributed by atoms with Gasteiger partial charge >= 0.3 is 0 Å². The van der Waals surface area contributed by atoms with Crippen molar-refractivity contribution in [1.29, 1.82) is 0 Å². The van der Waals surface area contributed by atoms with Crippen LogP contribution in [0, 0.1) is 3.57 Å². The van der Waals surface area contributed by atoms with Gasteiger partial charge in [-0.15, -0.1) is 0 Å². The van der Waals surface area contributed by atoms with Crippen molar-refractivity contribution < 1.29 is 13.5 Å². The summed E-state index contributed by atoms with van der Waals surface area (Å²) in [6, 6.07) is 10.2. The van der Waals surface area contributed by atoms with Crippen molar-refractivity contribution in [2.24, 2.45) is 0 Å². The Kier molecular flexibility index (Phi) is 4.74. The third-order valence-corrected chi connectivity index (χ3v) is 3.66. The Morgan fingerprint density at radius 1 is 1.20 bits per heavy atom. The van der Waals surface area contributed by atoms with Crippen LogP contribution in [0.1, 0.15) is 0 Å². The summed E-state index contributed by atoms with van der Waals surface area (Å²) in [5, 5.41) is 0. The van der Waals surface area contributed by atoms with Crippen molar-refractivity contribution in [1.82, 2.24) is 4.57 Å². The van der Waals surface area contributed by atoms with E-state index in [0.717, 1.165) is 4.57 Å². The Hall–Kier alpha value is -1.44. The van der Waals surface area contributed by atoms with Gasteiger partial charge in [0.15, 0.2) is 0 Å². The van der Waals surface area contributed by atoms with Crippen LogP contribution in [0.15, 0.2) is 41.2 Å². The van der Waals surface area contributed by atoms with E-state index in [4.69, 9.17) is 4.74 Å². The second-order valence-corrected chi connectivity index (χ2v) is 5.26. The summed E-state index contributed by atoms with van der Waals surface area (Å²) < 4.78 is 31.9. The van der Waals surface area contributed by atoms with Crippen LogP contribution >= 0.6 is 22.6 Å². The molecule has 3 nitrogen and oxygen atoms in total. The number of hydrogen-bond donors (Lipinski definition) is 0. The van der Waals surface area contributed by atoms with E-state index in [2.05, 4.69) is 0 Å². The SMILES string of the molecule is COc1ccc(-c2ccc(I)c(=O)n2CC(F)F)cc1. The summed E-state index contributed by atoms with van der Waals surface area (Å²) in [4.78, 5) is 12.0. The standard InChI is InChI=1S/C14H12F2INO2/c1-20-10-4-2-9(3-5-10)12-7-6-11(17)14(19)18(12)8-13(15)16/h2-7,13H,8H2,1H3. The smallest absolute Gasteiger partial charge is 0.264 e. The third kappa shape index (κ3) is 3.17. The summed E-state index contributed by atoms with van der Waals surface area (Å²) in [6.45, 7) is -0.614. The number of nitrogens with zero attached hydrogens (tertiary/aromatic N) is 1. The molecule has 2 aromatic rings. The molecule has 2 rings (SSSR count). The van der Waals surface area contributed by atoms with E-state index < -0.39 is 18.5 Å². The molecule has 0 saturated carbocycles. The molecule has 1 heterocycles. The number of aromatic nitrogens is 1. The number of rotatable bonds is 4. The molecule has 0 N–H and O–H groups in total. The van der Waals surface area contributed by atoms with E-state index in [1.807, 2.05) is 22.6 Å². The van der Waals surface area contributed by atoms with E-state index in [-0.39, 0.29) is 0 Å². The van der Waals surface area contributed by atoms with Crippen LogP contribution in [0.25, 0.3) is 11.3 Å². The second-order valence-electron chi connectivity index (χ2n) is 4.10. The van der Waals surface area contributed by atoms with Crippen LogP contribution in [0.4, 0.5) is 8.78 Å². The van der Waals surface area contributed by atoms with Crippen molar-refractivity contribution in [3.8, 4) is 17.0 Å². The molecule has 0 aliphatic carbocycles. The minimum atomic E-state index is -2.58. The van der Waals surface area contributed by atoms with Crippen LogP contribution in [0.5, 0.6) is 5.75 Å². The first-order valence-corrected chi connectivity index (χ1v) is 6.92. The normalized spacial score (nSPS) is 10.8. The molecule has 1 aromatic heterocycles. The number of pyridine rings is 1. The number of methoxy groups -OCH3 is 1. The molecule has 0 unspecified atom stereocenters. The summed E-state index contributed by atoms with van der Waals surface area (Å²) >= 11 is 1.85. The molecule has 6 heteroatoms. The fraction of sp³-hybridized carbons (Fsp3) is 0.214. The van der Waals surface area contributed by atoms with Gasteiger partial charge in [0.2, 0.25) is 0 Å². The zero-order chi connectivity index (χ0) is 14.7. The van der Waals surface area contributed by atoms with Gasteiger partial charge in [0, 0.05) is 0 Å². The molecule has 0 atom stereocenters. The van der Waals surface area contributed by atoms with Crippen molar-refractivity contribution in [3.63, 3.8) is 0 Å². The van der Waals surface area contributed by atoms with Crippen molar-refractivity contribution in [2.75, 3.05) is 7.11 Å². The zero-order valence-corrected chi connectivity index (χ0v) is 12.8. The molecule has 0 bridgehead atoms. The maximum absolute atomic E-state index is 12.7. The first kappa shape index (κ1) is 15.0. The van der Waals surface area contributed by atoms with Crippen LogP contribution in [0.3, 0.4) is 0 Å². The van der Waals surface area contributed by atoms with Crippen molar-refractivity contribution in [3.05, 3.63) is 50.3 Å². The quantitative estimate of drug-likeness (QED) is 0.749. The van der Waals surface area contributed by atoms with Crippen LogP contribution in [0.2, 0.25) is 0 Å². The average Bonchev–Trinajstić information content (AvgIpc) is 2.44. The highest BCUT2D eigenvalue weighted by Crippen LogP contribution is 2.22. The Labute approximate surface area is 128 Å². The molecule has 0 fully saturated rings. The monoisotopic (exact) mass is 391 g/mol. The van der Waals surface area contributed by atoms with E-state index in [0.29, 0.717) is 20.6 Å². The minimum absolute atomic E-state index is 0.404. The second kappa shape index (κ2) is 6.34. The molecule has 0 radical (unpaired) electrons. The largest absolute Gasteiger partial charge is 0.497 e. The molecular weight excluding hydrogens is 379 g/mol. The van der Waals surface area contributed by atoms with Gasteiger partial charge in [-0.2, -0.15) is 0 Å². The predicted molar refractivity (Wildman–Crippen MR) is 81.4 cm³/mol. The van der Waals surface area contributed by atoms with Crippen LogP contribution in [-0.4, -0.2) is 18.1 Å². The number of benzene rings is 1. The Morgan fingerprint density at radius 2 is 1.85 bits per heavy atom. The lowest BCUT2D eigenvalue weighted by Crippen LogP contribution is -2.26. The molecule has 0 amide bonds. The summed E-state index contributed by atoms with van der Waals surface area (Å²) in [6.07, 6.45) is -2.58. The molecule has 20 heavy (non-hydrogen) atoms. The Bertz CT molecular complexity index is 653. The molecule has 0 aliphatic rings. The highest BCUT2D eigenvalue weighted by atomic mass is 127. The van der Waals surface area contributed by atoms with Gasteiger partial charge in [-0.1, -0.05) is 0 Å². The van der Waals surface area contributed by atoms with Gasteiger partial charge in [0.05, 0.1) is 22.9 Å². The fourth-order valence-corrected chi connectivity index (χ4v) is 2.36. The average molecular weight is 391 g/mol. The maximum Gasteiger partial charge on any atom is 0.264 e. The van der Waals surface area contributed by atoms with Crippen molar-refractivity contribution in [2.45, 2.75) is 13.0 Å². The third-order valence-electron chi connectivity index (χ3n) is 2.83. The summed E-state index contributed by atoms with van der Waals surface area (Å²) in [5.74, 6) is 0.669. The molecule has 0 spiro atoms. The fourth-order valence-electron chi connectivity index (χ4n) is 1.88. The summed E-state index contributed by atoms with van der Waals surface area (Å²) in [5.41, 5.74) is 0.762. The molecule has 106 valence electrons. The lowest BCUT2D eigenvalue weighted by Gasteiger charge is -2.13. The first-order valence-electron chi connectivity index (χ1n) is 5.85. The van der Waals surface area contributed by atoms with Gasteiger partial charge in [0.1, 0.15) is 5.75 Å². The van der Waals surface area contributed by atoms with E-state index in [9.17, 15) is 13.6 Å². The number of hydrogen-bond acceptors (Lipinski definition) is 2. The number of alkyl halides is 2.